The lowest BCUT2D eigenvalue weighted by molar-refractivity contribution is 0.575. The fraction of sp³-hybridized carbons (Fsp3) is 0.136. The van der Waals surface area contributed by atoms with E-state index in [4.69, 9.17) is 9.40 Å². The van der Waals surface area contributed by atoms with Crippen LogP contribution in [0, 0.1) is 0 Å². The van der Waals surface area contributed by atoms with Crippen LogP contribution in [-0.2, 0) is 13.0 Å². The molecule has 0 unspecified atom stereocenters. The molecule has 6 heteroatoms. The molecule has 136 valence electrons. The minimum absolute atomic E-state index is 0.673. The summed E-state index contributed by atoms with van der Waals surface area (Å²) in [4.78, 5) is 7.31. The zero-order valence-electron chi connectivity index (χ0n) is 15.1. The van der Waals surface area contributed by atoms with Gasteiger partial charge < -0.3 is 9.32 Å². The van der Waals surface area contributed by atoms with Gasteiger partial charge in [-0.2, -0.15) is 0 Å². The van der Waals surface area contributed by atoms with E-state index < -0.39 is 0 Å². The Bertz CT molecular complexity index is 1310. The van der Waals surface area contributed by atoms with E-state index in [9.17, 15) is 0 Å². The summed E-state index contributed by atoms with van der Waals surface area (Å²) < 4.78 is 7.65. The molecule has 0 atom stereocenters. The molecule has 6 nitrogen and oxygen atoms in total. The van der Waals surface area contributed by atoms with E-state index in [-0.39, 0.29) is 0 Å². The Balaban J connectivity index is 1.61. The maximum absolute atomic E-state index is 5.63. The van der Waals surface area contributed by atoms with Crippen LogP contribution in [0.5, 0.6) is 0 Å². The molecule has 0 amide bonds. The van der Waals surface area contributed by atoms with E-state index in [1.165, 1.54) is 11.1 Å². The number of fused-ring (bicyclic) bond motifs is 4. The van der Waals surface area contributed by atoms with Crippen molar-refractivity contribution in [2.24, 2.45) is 0 Å². The first kappa shape index (κ1) is 15.4. The highest BCUT2D eigenvalue weighted by Crippen LogP contribution is 2.31. The predicted octanol–water partition coefficient (Wildman–Crippen LogP) is 4.10. The average molecular weight is 367 g/mol. The summed E-state index contributed by atoms with van der Waals surface area (Å²) in [5.74, 6) is 2.20. The van der Waals surface area contributed by atoms with Crippen LogP contribution in [-0.4, -0.2) is 26.1 Å². The molecule has 0 bridgehead atoms. The van der Waals surface area contributed by atoms with Gasteiger partial charge in [0.25, 0.3) is 0 Å². The molecule has 2 aromatic carbocycles. The van der Waals surface area contributed by atoms with E-state index >= 15 is 0 Å². The van der Waals surface area contributed by atoms with Crippen LogP contribution >= 0.6 is 0 Å². The molecule has 1 aliphatic heterocycles. The van der Waals surface area contributed by atoms with Crippen LogP contribution in [0.2, 0.25) is 0 Å². The highest BCUT2D eigenvalue weighted by atomic mass is 16.3. The summed E-state index contributed by atoms with van der Waals surface area (Å²) in [6.45, 7) is 1.71. The summed E-state index contributed by atoms with van der Waals surface area (Å²) in [5, 5.41) is 9.91. The van der Waals surface area contributed by atoms with Crippen molar-refractivity contribution >= 4 is 22.5 Å². The Kier molecular flexibility index (Phi) is 3.25. The molecular formula is C22H17N5O. The number of nitrogens with zero attached hydrogens (tertiary/aromatic N) is 5. The van der Waals surface area contributed by atoms with Gasteiger partial charge in [0.1, 0.15) is 0 Å². The first-order chi connectivity index (χ1) is 13.9. The van der Waals surface area contributed by atoms with Gasteiger partial charge in [-0.3, -0.25) is 0 Å². The summed E-state index contributed by atoms with van der Waals surface area (Å²) in [5.41, 5.74) is 4.46. The second-order valence-corrected chi connectivity index (χ2v) is 7.03. The molecule has 0 saturated heterocycles. The van der Waals surface area contributed by atoms with Crippen molar-refractivity contribution in [3.8, 4) is 11.6 Å². The molecule has 0 radical (unpaired) electrons. The number of aromatic nitrogens is 4. The Morgan fingerprint density at radius 3 is 2.61 bits per heavy atom. The van der Waals surface area contributed by atoms with Gasteiger partial charge in [0.15, 0.2) is 11.4 Å². The van der Waals surface area contributed by atoms with Crippen LogP contribution in [0.3, 0.4) is 0 Å². The van der Waals surface area contributed by atoms with Crippen LogP contribution in [0.1, 0.15) is 11.1 Å². The first-order valence-electron chi connectivity index (χ1n) is 9.38. The molecule has 1 aliphatic rings. The van der Waals surface area contributed by atoms with Gasteiger partial charge in [0, 0.05) is 18.5 Å². The lowest BCUT2D eigenvalue weighted by Crippen LogP contribution is -2.32. The average Bonchev–Trinajstić information content (AvgIpc) is 3.42. The van der Waals surface area contributed by atoms with Gasteiger partial charge >= 0.3 is 0 Å². The van der Waals surface area contributed by atoms with E-state index in [2.05, 4.69) is 39.4 Å². The molecule has 6 rings (SSSR count). The van der Waals surface area contributed by atoms with Crippen LogP contribution in [0.4, 0.5) is 5.95 Å². The SMILES string of the molecule is c1coc(-c2nnc3c4ccccc4nc(N4CCc5ccccc5C4)n23)c1. The van der Waals surface area contributed by atoms with Crippen molar-refractivity contribution in [1.82, 2.24) is 19.6 Å². The standard InChI is InChI=1S/C22H17N5O/c1-2-7-16-14-26(12-11-15(16)6-1)22-23-18-9-4-3-8-17(18)20-24-25-21(27(20)22)19-10-5-13-28-19/h1-10,13H,11-12,14H2. The van der Waals surface area contributed by atoms with Crippen LogP contribution in [0.15, 0.2) is 71.3 Å². The third kappa shape index (κ3) is 2.24. The molecule has 0 aliphatic carbocycles. The maximum Gasteiger partial charge on any atom is 0.214 e. The fourth-order valence-electron chi connectivity index (χ4n) is 4.01. The molecule has 28 heavy (non-hydrogen) atoms. The van der Waals surface area contributed by atoms with Crippen molar-refractivity contribution < 1.29 is 4.42 Å². The summed E-state index contributed by atoms with van der Waals surface area (Å²) in [7, 11) is 0. The second kappa shape index (κ2) is 5.92. The lowest BCUT2D eigenvalue weighted by Gasteiger charge is -2.30. The second-order valence-electron chi connectivity index (χ2n) is 7.03. The lowest BCUT2D eigenvalue weighted by atomic mass is 10.0. The van der Waals surface area contributed by atoms with Gasteiger partial charge in [-0.25, -0.2) is 9.38 Å². The van der Waals surface area contributed by atoms with E-state index in [1.54, 1.807) is 6.26 Å². The third-order valence-corrected chi connectivity index (χ3v) is 5.38. The molecule has 5 aromatic rings. The minimum atomic E-state index is 0.673. The fourth-order valence-corrected chi connectivity index (χ4v) is 4.01. The Hall–Kier alpha value is -3.67. The van der Waals surface area contributed by atoms with Crippen molar-refractivity contribution in [2.45, 2.75) is 13.0 Å². The number of anilines is 1. The summed E-state index contributed by atoms with van der Waals surface area (Å²) in [6, 6.07) is 20.4. The first-order valence-corrected chi connectivity index (χ1v) is 9.38. The quantitative estimate of drug-likeness (QED) is 0.470. The molecule has 4 heterocycles. The summed E-state index contributed by atoms with van der Waals surface area (Å²) >= 11 is 0. The van der Waals surface area contributed by atoms with Crippen molar-refractivity contribution in [2.75, 3.05) is 11.4 Å². The maximum atomic E-state index is 5.63. The van der Waals surface area contributed by atoms with Gasteiger partial charge in [0.2, 0.25) is 11.8 Å². The zero-order valence-corrected chi connectivity index (χ0v) is 15.1. The zero-order chi connectivity index (χ0) is 18.5. The van der Waals surface area contributed by atoms with Crippen molar-refractivity contribution in [3.63, 3.8) is 0 Å². The largest absolute Gasteiger partial charge is 0.461 e. The van der Waals surface area contributed by atoms with Crippen LogP contribution in [0.25, 0.3) is 28.1 Å². The third-order valence-electron chi connectivity index (χ3n) is 5.38. The number of benzene rings is 2. The minimum Gasteiger partial charge on any atom is -0.461 e. The molecule has 0 N–H and O–H groups in total. The normalized spacial score (nSPS) is 13.9. The number of para-hydroxylation sites is 1. The monoisotopic (exact) mass is 367 g/mol. The topological polar surface area (TPSA) is 59.5 Å². The summed E-state index contributed by atoms with van der Waals surface area (Å²) in [6.07, 6.45) is 2.64. The number of hydrogen-bond acceptors (Lipinski definition) is 5. The van der Waals surface area contributed by atoms with Gasteiger partial charge in [-0.15, -0.1) is 10.2 Å². The van der Waals surface area contributed by atoms with E-state index in [0.717, 1.165) is 42.0 Å². The molecule has 3 aromatic heterocycles. The predicted molar refractivity (Wildman–Crippen MR) is 107 cm³/mol. The van der Waals surface area contributed by atoms with E-state index in [0.29, 0.717) is 11.6 Å². The van der Waals surface area contributed by atoms with E-state index in [1.807, 2.05) is 40.8 Å². The number of rotatable bonds is 2. The highest BCUT2D eigenvalue weighted by Gasteiger charge is 2.24. The molecule has 0 saturated carbocycles. The number of hydrogen-bond donors (Lipinski definition) is 0. The van der Waals surface area contributed by atoms with Gasteiger partial charge in [-0.1, -0.05) is 36.4 Å². The van der Waals surface area contributed by atoms with Gasteiger partial charge in [-0.05, 0) is 41.8 Å². The number of furan rings is 1. The van der Waals surface area contributed by atoms with Crippen LogP contribution < -0.4 is 4.90 Å². The molecule has 0 spiro atoms. The van der Waals surface area contributed by atoms with Gasteiger partial charge in [0.05, 0.1) is 11.8 Å². The Morgan fingerprint density at radius 2 is 1.71 bits per heavy atom. The highest BCUT2D eigenvalue weighted by molar-refractivity contribution is 5.93. The van der Waals surface area contributed by atoms with Crippen molar-refractivity contribution in [1.29, 1.82) is 0 Å². The Labute approximate surface area is 161 Å². The van der Waals surface area contributed by atoms with Crippen molar-refractivity contribution in [3.05, 3.63) is 78.1 Å². The molecule has 0 fully saturated rings. The smallest absolute Gasteiger partial charge is 0.214 e. The Morgan fingerprint density at radius 1 is 0.857 bits per heavy atom. The molecular weight excluding hydrogens is 350 g/mol.